The summed E-state index contributed by atoms with van der Waals surface area (Å²) in [6.07, 6.45) is 3.54. The van der Waals surface area contributed by atoms with E-state index in [9.17, 15) is 14.9 Å². The molecule has 3 aromatic rings. The minimum Gasteiger partial charge on any atom is -0.329 e. The number of nitrogens with zero attached hydrogens (tertiary/aromatic N) is 2. The number of fused-ring (bicyclic) bond motifs is 1. The van der Waals surface area contributed by atoms with Gasteiger partial charge < -0.3 is 15.9 Å². The summed E-state index contributed by atoms with van der Waals surface area (Å²) in [6.45, 7) is 1.97. The predicted octanol–water partition coefficient (Wildman–Crippen LogP) is 3.19. The van der Waals surface area contributed by atoms with Crippen molar-refractivity contribution in [3.05, 3.63) is 70.5 Å². The number of carbonyl (C=O) groups is 1. The number of hydrogen-bond acceptors (Lipinski definition) is 7. The molecule has 142 valence electrons. The summed E-state index contributed by atoms with van der Waals surface area (Å²) < 4.78 is 1.05. The van der Waals surface area contributed by atoms with E-state index in [1.165, 1.54) is 11.3 Å². The molecular formula is C18H20N4O4S. The summed E-state index contributed by atoms with van der Waals surface area (Å²) in [5.74, 6) is -0.419. The number of amides is 1. The molecule has 0 radical (unpaired) electrons. The molecule has 0 spiro atoms. The lowest BCUT2D eigenvalue weighted by Gasteiger charge is -2.14. The highest BCUT2D eigenvalue weighted by Gasteiger charge is 2.19. The summed E-state index contributed by atoms with van der Waals surface area (Å²) in [5, 5.41) is 13.2. The Morgan fingerprint density at radius 2 is 2.11 bits per heavy atom. The molecule has 0 aliphatic rings. The van der Waals surface area contributed by atoms with E-state index in [-0.39, 0.29) is 25.0 Å². The Balaban J connectivity index is 0.000000380. The number of thiophene rings is 1. The maximum atomic E-state index is 12.4. The van der Waals surface area contributed by atoms with Crippen LogP contribution in [0.15, 0.2) is 54.9 Å². The van der Waals surface area contributed by atoms with Crippen LogP contribution in [0.3, 0.4) is 0 Å². The van der Waals surface area contributed by atoms with Crippen LogP contribution in [0.1, 0.15) is 18.4 Å². The highest BCUT2D eigenvalue weighted by atomic mass is 32.1. The molecule has 0 bridgehead atoms. The third-order valence-electron chi connectivity index (χ3n) is 3.56. The topological polar surface area (TPSA) is 120 Å². The van der Waals surface area contributed by atoms with Gasteiger partial charge in [-0.15, -0.1) is 21.5 Å². The van der Waals surface area contributed by atoms with Gasteiger partial charge in [0, 0.05) is 18.9 Å². The van der Waals surface area contributed by atoms with Crippen LogP contribution in [-0.4, -0.2) is 29.1 Å². The van der Waals surface area contributed by atoms with Crippen molar-refractivity contribution < 1.29 is 14.7 Å². The normalized spacial score (nSPS) is 11.2. The highest BCUT2D eigenvalue weighted by molar-refractivity contribution is 7.22. The summed E-state index contributed by atoms with van der Waals surface area (Å²) >= 11 is 1.51. The van der Waals surface area contributed by atoms with Gasteiger partial charge in [0.15, 0.2) is 0 Å². The van der Waals surface area contributed by atoms with Crippen LogP contribution in [0.5, 0.6) is 0 Å². The fraction of sp³-hybridized carbons (Fsp3) is 0.222. The van der Waals surface area contributed by atoms with Gasteiger partial charge in [-0.05, 0) is 30.0 Å². The van der Waals surface area contributed by atoms with E-state index in [0.717, 1.165) is 20.7 Å². The average Bonchev–Trinajstić information content (AvgIpc) is 3.06. The predicted molar refractivity (Wildman–Crippen MR) is 105 cm³/mol. The van der Waals surface area contributed by atoms with Crippen LogP contribution >= 0.6 is 11.3 Å². The largest absolute Gasteiger partial charge is 0.329 e. The molecule has 0 unspecified atom stereocenters. The van der Waals surface area contributed by atoms with Crippen molar-refractivity contribution in [2.45, 2.75) is 12.8 Å². The van der Waals surface area contributed by atoms with E-state index < -0.39 is 5.09 Å². The first kappa shape index (κ1) is 20.3. The lowest BCUT2D eigenvalue weighted by molar-refractivity contribution is -0.756. The van der Waals surface area contributed by atoms with Crippen LogP contribution in [-0.2, 0) is 9.63 Å². The molecule has 27 heavy (non-hydrogen) atoms. The molecular weight excluding hydrogens is 368 g/mol. The fourth-order valence-electron chi connectivity index (χ4n) is 2.34. The van der Waals surface area contributed by atoms with Gasteiger partial charge in [0.2, 0.25) is 5.91 Å². The zero-order valence-electron chi connectivity index (χ0n) is 14.7. The SMILES string of the molecule is CCO[N+](=O)[O-].NC[C@@H](C(=O)Nc1cc2ccncc2s1)c1ccccc1. The highest BCUT2D eigenvalue weighted by Crippen LogP contribution is 2.29. The first-order chi connectivity index (χ1) is 13.0. The van der Waals surface area contributed by atoms with Crippen molar-refractivity contribution in [1.29, 1.82) is 0 Å². The number of benzene rings is 1. The van der Waals surface area contributed by atoms with Crippen LogP contribution in [0, 0.1) is 10.1 Å². The van der Waals surface area contributed by atoms with Crippen LogP contribution in [0.2, 0.25) is 0 Å². The van der Waals surface area contributed by atoms with Crippen molar-refractivity contribution >= 4 is 32.3 Å². The van der Waals surface area contributed by atoms with E-state index in [2.05, 4.69) is 15.1 Å². The molecule has 0 aliphatic heterocycles. The molecule has 0 aliphatic carbocycles. The lowest BCUT2D eigenvalue weighted by atomic mass is 9.98. The summed E-state index contributed by atoms with van der Waals surface area (Å²) in [4.78, 5) is 29.4. The van der Waals surface area contributed by atoms with Gasteiger partial charge in [0.25, 0.3) is 5.09 Å². The quantitative estimate of drug-likeness (QED) is 0.494. The smallest absolute Gasteiger partial charge is 0.294 e. The van der Waals surface area contributed by atoms with E-state index >= 15 is 0 Å². The number of pyridine rings is 1. The van der Waals surface area contributed by atoms with Gasteiger partial charge in [-0.3, -0.25) is 9.78 Å². The standard InChI is InChI=1S/C16H15N3OS.C2H5NO3/c17-9-13(11-4-2-1-3-5-11)16(20)19-15-8-12-6-7-18-10-14(12)21-15;1-2-6-3(4)5/h1-8,10,13H,9,17H2,(H,19,20);2H2,1H3/t13-;/m1./s1. The molecule has 0 saturated heterocycles. The first-order valence-corrected chi connectivity index (χ1v) is 9.03. The number of hydrogen-bond donors (Lipinski definition) is 2. The van der Waals surface area contributed by atoms with E-state index in [0.29, 0.717) is 0 Å². The molecule has 1 atom stereocenters. The number of carbonyl (C=O) groups excluding carboxylic acids is 1. The van der Waals surface area contributed by atoms with Crippen molar-refractivity contribution in [2.75, 3.05) is 18.5 Å². The molecule has 9 heteroatoms. The zero-order valence-corrected chi connectivity index (χ0v) is 15.5. The minimum atomic E-state index is -0.819. The van der Waals surface area contributed by atoms with Crippen molar-refractivity contribution in [3.63, 3.8) is 0 Å². The number of rotatable bonds is 6. The fourth-order valence-corrected chi connectivity index (χ4v) is 3.27. The van der Waals surface area contributed by atoms with Crippen LogP contribution in [0.4, 0.5) is 5.00 Å². The first-order valence-electron chi connectivity index (χ1n) is 8.21. The van der Waals surface area contributed by atoms with Crippen molar-refractivity contribution in [2.24, 2.45) is 5.73 Å². The number of anilines is 1. The third-order valence-corrected chi connectivity index (χ3v) is 4.56. The second kappa shape index (κ2) is 10.2. The Morgan fingerprint density at radius 3 is 2.67 bits per heavy atom. The maximum Gasteiger partial charge on any atom is 0.294 e. The molecule has 8 nitrogen and oxygen atoms in total. The molecule has 1 amide bonds. The lowest BCUT2D eigenvalue weighted by Crippen LogP contribution is -2.27. The Bertz CT molecular complexity index is 852. The van der Waals surface area contributed by atoms with Gasteiger partial charge in [-0.2, -0.15) is 0 Å². The zero-order chi connectivity index (χ0) is 19.6. The molecule has 3 N–H and O–H groups in total. The molecule has 3 rings (SSSR count). The van der Waals surface area contributed by atoms with Gasteiger partial charge in [-0.1, -0.05) is 30.3 Å². The van der Waals surface area contributed by atoms with E-state index in [1.54, 1.807) is 19.3 Å². The van der Waals surface area contributed by atoms with E-state index in [1.807, 2.05) is 42.5 Å². The van der Waals surface area contributed by atoms with Crippen LogP contribution in [0.25, 0.3) is 10.1 Å². The number of aromatic nitrogens is 1. The Morgan fingerprint density at radius 1 is 1.37 bits per heavy atom. The van der Waals surface area contributed by atoms with Gasteiger partial charge in [-0.25, -0.2) is 0 Å². The summed E-state index contributed by atoms with van der Waals surface area (Å²) in [7, 11) is 0. The van der Waals surface area contributed by atoms with Gasteiger partial charge in [0.05, 0.1) is 22.2 Å². The molecule has 0 fully saturated rings. The number of nitrogens with two attached hydrogens (primary N) is 1. The van der Waals surface area contributed by atoms with Crippen molar-refractivity contribution in [3.8, 4) is 0 Å². The second-order valence-corrected chi connectivity index (χ2v) is 6.44. The molecule has 2 heterocycles. The van der Waals surface area contributed by atoms with E-state index in [4.69, 9.17) is 5.73 Å². The Kier molecular flexibility index (Phi) is 7.65. The summed E-state index contributed by atoms with van der Waals surface area (Å²) in [5.41, 5.74) is 6.70. The summed E-state index contributed by atoms with van der Waals surface area (Å²) in [6, 6.07) is 13.5. The minimum absolute atomic E-state index is 0.0804. The van der Waals surface area contributed by atoms with Crippen LogP contribution < -0.4 is 11.1 Å². The average molecular weight is 388 g/mol. The number of nitrogens with one attached hydrogen (secondary N) is 1. The monoisotopic (exact) mass is 388 g/mol. The third kappa shape index (κ3) is 6.01. The molecule has 2 aromatic heterocycles. The van der Waals surface area contributed by atoms with Crippen molar-refractivity contribution in [1.82, 2.24) is 4.98 Å². The molecule has 0 saturated carbocycles. The second-order valence-electron chi connectivity index (χ2n) is 5.35. The molecule has 1 aromatic carbocycles. The maximum absolute atomic E-state index is 12.4. The van der Waals surface area contributed by atoms with Gasteiger partial charge >= 0.3 is 0 Å². The van der Waals surface area contributed by atoms with Gasteiger partial charge in [0.1, 0.15) is 0 Å². The Labute approximate surface area is 160 Å². The Hall–Kier alpha value is -3.04.